The number of benzene rings is 2. The van der Waals surface area contributed by atoms with Crippen LogP contribution in [-0.4, -0.2) is 44.6 Å². The lowest BCUT2D eigenvalue weighted by Crippen LogP contribution is -2.50. The maximum Gasteiger partial charge on any atom is 0.166 e. The van der Waals surface area contributed by atoms with Crippen LogP contribution in [0.3, 0.4) is 0 Å². The van der Waals surface area contributed by atoms with E-state index >= 15 is 0 Å². The highest BCUT2D eigenvalue weighted by Gasteiger charge is 2.41. The van der Waals surface area contributed by atoms with Crippen molar-refractivity contribution in [2.75, 3.05) is 34.4 Å². The number of fused-ring (bicyclic) bond motifs is 1. The first-order chi connectivity index (χ1) is 13.9. The van der Waals surface area contributed by atoms with Crippen molar-refractivity contribution in [2.24, 2.45) is 11.8 Å². The second-order valence-corrected chi connectivity index (χ2v) is 8.73. The molecule has 154 valence electrons. The van der Waals surface area contributed by atoms with Gasteiger partial charge in [-0.1, -0.05) is 12.1 Å². The smallest absolute Gasteiger partial charge is 0.166 e. The highest BCUT2D eigenvalue weighted by atomic mass is 19.1. The number of nitrogens with zero attached hydrogens (tertiary/aromatic N) is 1. The quantitative estimate of drug-likeness (QED) is 0.706. The number of carbonyl (C=O) groups excluding carboxylic acids is 1. The standard InChI is InChI=1S/C24H29FNO3/c1-26(15-16-5-4-6-19(25)11-16)9-7-17(8-10-26)20-12-18-13-22(28-2)23(29-3)14-21(18)24(20)27/h4-6,11,13-14,17,20H,7-10,12,15H2,1-3H3/q+1. The van der Waals surface area contributed by atoms with Crippen molar-refractivity contribution in [1.29, 1.82) is 0 Å². The number of quaternary nitrogens is 1. The van der Waals surface area contributed by atoms with Gasteiger partial charge in [0.1, 0.15) is 12.4 Å². The minimum Gasteiger partial charge on any atom is -0.493 e. The molecule has 0 radical (unpaired) electrons. The fourth-order valence-corrected chi connectivity index (χ4v) is 5.08. The summed E-state index contributed by atoms with van der Waals surface area (Å²) in [7, 11) is 5.46. The number of hydrogen-bond acceptors (Lipinski definition) is 3. The number of likely N-dealkylation sites (tertiary alicyclic amines) is 1. The number of piperidine rings is 1. The molecular weight excluding hydrogens is 369 g/mol. The Labute approximate surface area is 171 Å². The van der Waals surface area contributed by atoms with Gasteiger partial charge in [-0.15, -0.1) is 0 Å². The van der Waals surface area contributed by atoms with E-state index in [0.29, 0.717) is 17.4 Å². The molecule has 4 nitrogen and oxygen atoms in total. The Balaban J connectivity index is 1.44. The number of hydrogen-bond donors (Lipinski definition) is 0. The Hall–Kier alpha value is -2.40. The molecule has 1 fully saturated rings. The summed E-state index contributed by atoms with van der Waals surface area (Å²) in [5.74, 6) is 1.80. The lowest BCUT2D eigenvalue weighted by atomic mass is 9.81. The average Bonchev–Trinajstić information content (AvgIpc) is 3.03. The molecule has 4 rings (SSSR count). The second-order valence-electron chi connectivity index (χ2n) is 8.73. The van der Waals surface area contributed by atoms with Crippen LogP contribution in [0.5, 0.6) is 11.5 Å². The molecule has 1 unspecified atom stereocenters. The summed E-state index contributed by atoms with van der Waals surface area (Å²) in [6, 6.07) is 10.7. The normalized spacial score (nSPS) is 26.3. The van der Waals surface area contributed by atoms with Crippen LogP contribution >= 0.6 is 0 Å². The molecule has 2 aromatic rings. The average molecular weight is 398 g/mol. The maximum atomic E-state index is 13.5. The minimum atomic E-state index is -0.177. The van der Waals surface area contributed by atoms with Gasteiger partial charge in [0.25, 0.3) is 0 Å². The van der Waals surface area contributed by atoms with Gasteiger partial charge in [0, 0.05) is 29.9 Å². The van der Waals surface area contributed by atoms with Crippen molar-refractivity contribution in [1.82, 2.24) is 0 Å². The molecule has 29 heavy (non-hydrogen) atoms. The van der Waals surface area contributed by atoms with Crippen molar-refractivity contribution >= 4 is 5.78 Å². The van der Waals surface area contributed by atoms with Crippen LogP contribution in [0.4, 0.5) is 4.39 Å². The number of ketones is 1. The number of ether oxygens (including phenoxy) is 2. The van der Waals surface area contributed by atoms with E-state index in [-0.39, 0.29) is 17.5 Å². The Kier molecular flexibility index (Phi) is 5.34. The van der Waals surface area contributed by atoms with E-state index in [0.717, 1.165) is 60.1 Å². The number of halogens is 1. The maximum absolute atomic E-state index is 13.5. The van der Waals surface area contributed by atoms with E-state index in [1.165, 1.54) is 6.07 Å². The van der Waals surface area contributed by atoms with Crippen molar-refractivity contribution in [3.8, 4) is 11.5 Å². The van der Waals surface area contributed by atoms with Gasteiger partial charge >= 0.3 is 0 Å². The van der Waals surface area contributed by atoms with Crippen molar-refractivity contribution in [3.63, 3.8) is 0 Å². The molecule has 0 aromatic heterocycles. The van der Waals surface area contributed by atoms with E-state index < -0.39 is 0 Å². The van der Waals surface area contributed by atoms with Gasteiger partial charge < -0.3 is 14.0 Å². The topological polar surface area (TPSA) is 35.5 Å². The van der Waals surface area contributed by atoms with Crippen LogP contribution in [0, 0.1) is 17.7 Å². The monoisotopic (exact) mass is 398 g/mol. The fourth-order valence-electron chi connectivity index (χ4n) is 5.08. The largest absolute Gasteiger partial charge is 0.493 e. The minimum absolute atomic E-state index is 0.0460. The van der Waals surface area contributed by atoms with Gasteiger partial charge in [0.05, 0.1) is 34.4 Å². The van der Waals surface area contributed by atoms with Crippen molar-refractivity contribution in [3.05, 3.63) is 58.9 Å². The SMILES string of the molecule is COc1cc2c(cc1OC)C(=O)C(C1CC[N+](C)(Cc3cccc(F)c3)CC1)C2. The Bertz CT molecular complexity index is 918. The second kappa shape index (κ2) is 7.79. The summed E-state index contributed by atoms with van der Waals surface area (Å²) < 4.78 is 25.2. The van der Waals surface area contributed by atoms with Gasteiger partial charge in [-0.3, -0.25) is 4.79 Å². The zero-order chi connectivity index (χ0) is 20.6. The molecule has 0 N–H and O–H groups in total. The molecule has 0 amide bonds. The van der Waals surface area contributed by atoms with E-state index in [1.54, 1.807) is 26.4 Å². The summed E-state index contributed by atoms with van der Waals surface area (Å²) in [4.78, 5) is 13.1. The first-order valence-corrected chi connectivity index (χ1v) is 10.3. The van der Waals surface area contributed by atoms with Gasteiger partial charge in [0.2, 0.25) is 0 Å². The van der Waals surface area contributed by atoms with E-state index in [2.05, 4.69) is 7.05 Å². The molecule has 0 saturated carbocycles. The predicted molar refractivity (Wildman–Crippen MR) is 110 cm³/mol. The van der Waals surface area contributed by atoms with Crippen LogP contribution in [0.15, 0.2) is 36.4 Å². The van der Waals surface area contributed by atoms with Crippen molar-refractivity contribution < 1.29 is 23.1 Å². The molecule has 1 saturated heterocycles. The molecule has 0 bridgehead atoms. The Morgan fingerprint density at radius 3 is 2.41 bits per heavy atom. The summed E-state index contributed by atoms with van der Waals surface area (Å²) in [5.41, 5.74) is 2.89. The molecule has 1 aliphatic carbocycles. The number of Topliss-reactive ketones (excluding diaryl/α,β-unsaturated/α-hetero) is 1. The Morgan fingerprint density at radius 2 is 1.76 bits per heavy atom. The molecule has 2 aromatic carbocycles. The van der Waals surface area contributed by atoms with Crippen molar-refractivity contribution in [2.45, 2.75) is 25.8 Å². The van der Waals surface area contributed by atoms with Crippen LogP contribution in [0.25, 0.3) is 0 Å². The third-order valence-corrected chi connectivity index (χ3v) is 6.75. The molecule has 5 heteroatoms. The zero-order valence-electron chi connectivity index (χ0n) is 17.4. The van der Waals surface area contributed by atoms with Crippen LogP contribution in [0.2, 0.25) is 0 Å². The van der Waals surface area contributed by atoms with Gasteiger partial charge in [-0.25, -0.2) is 4.39 Å². The van der Waals surface area contributed by atoms with Crippen LogP contribution in [-0.2, 0) is 13.0 Å². The van der Waals surface area contributed by atoms with Crippen LogP contribution < -0.4 is 9.47 Å². The fraction of sp³-hybridized carbons (Fsp3) is 0.458. The zero-order valence-corrected chi connectivity index (χ0v) is 17.4. The van der Waals surface area contributed by atoms with Gasteiger partial charge in [-0.2, -0.15) is 0 Å². The first kappa shape index (κ1) is 19.9. The number of rotatable bonds is 5. The molecule has 2 aliphatic rings. The summed E-state index contributed by atoms with van der Waals surface area (Å²) >= 11 is 0. The van der Waals surface area contributed by atoms with Gasteiger partial charge in [-0.05, 0) is 42.2 Å². The Morgan fingerprint density at radius 1 is 1.07 bits per heavy atom. The molecule has 1 heterocycles. The lowest BCUT2D eigenvalue weighted by Gasteiger charge is -2.42. The molecule has 1 aliphatic heterocycles. The highest BCUT2D eigenvalue weighted by Crippen LogP contribution is 2.41. The van der Waals surface area contributed by atoms with E-state index in [4.69, 9.17) is 9.47 Å². The highest BCUT2D eigenvalue weighted by molar-refractivity contribution is 6.03. The molecule has 0 spiro atoms. The first-order valence-electron chi connectivity index (χ1n) is 10.3. The molecule has 1 atom stereocenters. The van der Waals surface area contributed by atoms with Crippen LogP contribution in [0.1, 0.15) is 34.3 Å². The third-order valence-electron chi connectivity index (χ3n) is 6.75. The number of methoxy groups -OCH3 is 2. The predicted octanol–water partition coefficient (Wildman–Crippen LogP) is 4.25. The summed E-state index contributed by atoms with van der Waals surface area (Å²) in [6.45, 7) is 2.85. The number of carbonyl (C=O) groups is 1. The molecular formula is C24H29FNO3+. The van der Waals surface area contributed by atoms with Gasteiger partial charge in [0.15, 0.2) is 17.3 Å². The summed E-state index contributed by atoms with van der Waals surface area (Å²) in [5, 5.41) is 0. The summed E-state index contributed by atoms with van der Waals surface area (Å²) in [6.07, 6.45) is 2.82. The lowest BCUT2D eigenvalue weighted by molar-refractivity contribution is -0.928. The van der Waals surface area contributed by atoms with E-state index in [1.807, 2.05) is 18.2 Å². The third kappa shape index (κ3) is 3.88. The van der Waals surface area contributed by atoms with E-state index in [9.17, 15) is 9.18 Å².